The molecule has 27 nitrogen and oxygen atoms in total. The zero-order valence-corrected chi connectivity index (χ0v) is 46.1. The number of aliphatic imine (C=N–C) groups is 1. The molecule has 11 atom stereocenters. The van der Waals surface area contributed by atoms with Crippen molar-refractivity contribution in [2.24, 2.45) is 45.9 Å². The van der Waals surface area contributed by atoms with Gasteiger partial charge in [-0.25, -0.2) is 4.79 Å². The molecule has 0 aliphatic heterocycles. The monoisotopic (exact) mass is 1090 g/mol. The van der Waals surface area contributed by atoms with Gasteiger partial charge in [-0.2, -0.15) is 11.8 Å². The van der Waals surface area contributed by atoms with Gasteiger partial charge < -0.3 is 80.4 Å². The highest BCUT2D eigenvalue weighted by Crippen LogP contribution is 2.13. The lowest BCUT2D eigenvalue weighted by Gasteiger charge is -2.29. The van der Waals surface area contributed by atoms with Crippen molar-refractivity contribution < 1.29 is 68.1 Å². The predicted molar refractivity (Wildman–Crippen MR) is 280 cm³/mol. The molecule has 0 unspecified atom stereocenters. The second-order valence-electron chi connectivity index (χ2n) is 19.9. The maximum Gasteiger partial charge on any atom is 0.328 e. The SMILES string of the molecule is CSCC[C@H](NC(=O)[C@H](CC(C)C)NC(=O)[C@@H](NC(=O)[C@H](C)NC(=O)[C@H](C)NC(=O)[C@H](CC(=O)O)NC(=O)[C@@H](N)C(C)C)C(C)C)C(=O)N[C@@H](CC(C)C)C(=O)N[C@@H](CCCN=C(N)N)C(=O)N[C@H](C(=O)O)[C@@H](C)O. The van der Waals surface area contributed by atoms with Crippen molar-refractivity contribution in [3.05, 3.63) is 0 Å². The van der Waals surface area contributed by atoms with Crippen LogP contribution in [0.3, 0.4) is 0 Å². The molecular weight excluding hydrogens is 1000 g/mol. The summed E-state index contributed by atoms with van der Waals surface area (Å²) >= 11 is 1.37. The molecular formula is C47H85N13O14S. The van der Waals surface area contributed by atoms with Gasteiger partial charge in [0.25, 0.3) is 0 Å². The van der Waals surface area contributed by atoms with E-state index in [0.717, 1.165) is 0 Å². The van der Waals surface area contributed by atoms with Crippen molar-refractivity contribution >= 4 is 82.8 Å². The molecule has 428 valence electrons. The van der Waals surface area contributed by atoms with Crippen molar-refractivity contribution in [1.29, 1.82) is 0 Å². The number of carboxylic acids is 2. The Morgan fingerprint density at radius 1 is 0.493 bits per heavy atom. The van der Waals surface area contributed by atoms with E-state index in [0.29, 0.717) is 5.75 Å². The number of carbonyl (C=O) groups is 11. The number of nitrogens with one attached hydrogen (secondary N) is 9. The maximum absolute atomic E-state index is 14.1. The largest absolute Gasteiger partial charge is 0.481 e. The molecule has 9 amide bonds. The molecule has 28 heteroatoms. The summed E-state index contributed by atoms with van der Waals surface area (Å²) in [6.07, 6.45) is -0.242. The van der Waals surface area contributed by atoms with Crippen LogP contribution in [0.25, 0.3) is 0 Å². The molecule has 0 saturated carbocycles. The van der Waals surface area contributed by atoms with Gasteiger partial charge in [-0.05, 0) is 88.6 Å². The third-order valence-corrected chi connectivity index (χ3v) is 12.0. The number of guanidine groups is 1. The first kappa shape index (κ1) is 68.7. The smallest absolute Gasteiger partial charge is 0.328 e. The lowest BCUT2D eigenvalue weighted by Crippen LogP contribution is -2.61. The minimum atomic E-state index is -1.71. The van der Waals surface area contributed by atoms with Crippen LogP contribution in [0.2, 0.25) is 0 Å². The van der Waals surface area contributed by atoms with E-state index in [9.17, 15) is 68.1 Å². The van der Waals surface area contributed by atoms with Crippen molar-refractivity contribution in [2.75, 3.05) is 18.6 Å². The summed E-state index contributed by atoms with van der Waals surface area (Å²) in [4.78, 5) is 149. The van der Waals surface area contributed by atoms with Crippen molar-refractivity contribution in [1.82, 2.24) is 47.9 Å². The molecule has 0 rings (SSSR count). The van der Waals surface area contributed by atoms with E-state index in [4.69, 9.17) is 17.2 Å². The van der Waals surface area contributed by atoms with Crippen LogP contribution in [0.15, 0.2) is 4.99 Å². The van der Waals surface area contributed by atoms with Crippen LogP contribution >= 0.6 is 11.8 Å². The van der Waals surface area contributed by atoms with Crippen LogP contribution in [0.4, 0.5) is 0 Å². The summed E-state index contributed by atoms with van der Waals surface area (Å²) in [5.41, 5.74) is 16.7. The normalized spacial score (nSPS) is 15.7. The van der Waals surface area contributed by atoms with E-state index in [-0.39, 0.29) is 62.4 Å². The van der Waals surface area contributed by atoms with Crippen LogP contribution in [-0.2, 0) is 52.7 Å². The van der Waals surface area contributed by atoms with Crippen LogP contribution in [0.5, 0.6) is 0 Å². The van der Waals surface area contributed by atoms with Crippen LogP contribution in [0.1, 0.15) is 115 Å². The molecule has 0 radical (unpaired) electrons. The number of aliphatic carboxylic acids is 2. The first-order chi connectivity index (χ1) is 34.7. The Hall–Kier alpha value is -6.29. The maximum atomic E-state index is 14.1. The molecule has 0 spiro atoms. The highest BCUT2D eigenvalue weighted by molar-refractivity contribution is 7.98. The Kier molecular flexibility index (Phi) is 31.4. The Bertz CT molecular complexity index is 1990. The molecule has 0 aromatic carbocycles. The van der Waals surface area contributed by atoms with E-state index < -0.39 is 144 Å². The van der Waals surface area contributed by atoms with Gasteiger partial charge in [-0.3, -0.25) is 52.9 Å². The Balaban J connectivity index is 6.35. The topological polar surface area (TPSA) is 447 Å². The average Bonchev–Trinajstić information content (AvgIpc) is 3.29. The fourth-order valence-electron chi connectivity index (χ4n) is 6.95. The number of carboxylic acid groups (broad SMARTS) is 2. The highest BCUT2D eigenvalue weighted by atomic mass is 32.2. The number of hydrogen-bond acceptors (Lipinski definition) is 15. The minimum Gasteiger partial charge on any atom is -0.481 e. The number of carbonyl (C=O) groups excluding carboxylic acids is 9. The zero-order chi connectivity index (χ0) is 58.0. The predicted octanol–water partition coefficient (Wildman–Crippen LogP) is -3.13. The molecule has 0 heterocycles. The molecule has 75 heavy (non-hydrogen) atoms. The van der Waals surface area contributed by atoms with Gasteiger partial charge in [0.15, 0.2) is 12.0 Å². The van der Waals surface area contributed by atoms with Gasteiger partial charge in [0.1, 0.15) is 48.3 Å². The summed E-state index contributed by atoms with van der Waals surface area (Å²) in [6.45, 7) is 17.5. The first-order valence-electron chi connectivity index (χ1n) is 24.9. The second kappa shape index (κ2) is 34.3. The number of rotatable bonds is 35. The van der Waals surface area contributed by atoms with Gasteiger partial charge in [0.05, 0.1) is 18.6 Å². The third kappa shape index (κ3) is 26.7. The molecule has 0 aliphatic carbocycles. The summed E-state index contributed by atoms with van der Waals surface area (Å²) in [5, 5.41) is 51.4. The summed E-state index contributed by atoms with van der Waals surface area (Å²) in [7, 11) is 0. The first-order valence-corrected chi connectivity index (χ1v) is 26.3. The van der Waals surface area contributed by atoms with Gasteiger partial charge in [-0.1, -0.05) is 55.4 Å². The Morgan fingerprint density at radius 3 is 1.32 bits per heavy atom. The molecule has 0 aromatic heterocycles. The number of amides is 9. The summed E-state index contributed by atoms with van der Waals surface area (Å²) in [6, 6.07) is -13.4. The van der Waals surface area contributed by atoms with Gasteiger partial charge in [0.2, 0.25) is 53.2 Å². The number of aliphatic hydroxyl groups excluding tert-OH is 1. The van der Waals surface area contributed by atoms with E-state index >= 15 is 0 Å². The fraction of sp³-hybridized carbons (Fsp3) is 0.745. The van der Waals surface area contributed by atoms with Gasteiger partial charge in [0, 0.05) is 6.54 Å². The van der Waals surface area contributed by atoms with E-state index in [1.54, 1.807) is 61.6 Å². The third-order valence-electron chi connectivity index (χ3n) is 11.3. The number of thioether (sulfide) groups is 1. The van der Waals surface area contributed by atoms with Crippen LogP contribution in [-0.4, -0.2) is 171 Å². The number of nitrogens with zero attached hydrogens (tertiary/aromatic N) is 1. The zero-order valence-electron chi connectivity index (χ0n) is 45.2. The number of nitrogens with two attached hydrogens (primary N) is 3. The highest BCUT2D eigenvalue weighted by Gasteiger charge is 2.36. The fourth-order valence-corrected chi connectivity index (χ4v) is 7.43. The average molecular weight is 1090 g/mol. The molecule has 0 bridgehead atoms. The molecule has 0 saturated heterocycles. The number of aliphatic hydroxyl groups is 1. The standard InChI is InChI=1S/C47H85N13O14S/c1-21(2)18-30(42(69)54-28(14-13-16-51-47(49)50)40(67)60-36(27(11)61)46(73)74)56-39(66)29(15-17-75-12)55-43(70)31(19-22(3)4)58-45(72)35(24(7)8)59-38(65)26(10)52-37(64)25(9)53-41(68)32(20-33(62)63)57-44(71)34(48)23(5)6/h21-32,34-36,61H,13-20,48H2,1-12H3,(H,52,64)(H,53,68)(H,54,69)(H,55,70)(H,56,66)(H,57,71)(H,58,72)(H,59,65)(H,60,67)(H,62,63)(H,73,74)(H4,49,50,51)/t25-,26-,27+,28-,29-,30-,31-,32-,34-,35-,36-/m0/s1. The molecule has 0 aliphatic rings. The van der Waals surface area contributed by atoms with Gasteiger partial charge >= 0.3 is 11.9 Å². The summed E-state index contributed by atoms with van der Waals surface area (Å²) in [5.74, 6) is -11.6. The Morgan fingerprint density at radius 2 is 0.893 bits per heavy atom. The van der Waals surface area contributed by atoms with Crippen molar-refractivity contribution in [2.45, 2.75) is 181 Å². The van der Waals surface area contributed by atoms with Gasteiger partial charge in [-0.15, -0.1) is 0 Å². The number of hydrogen-bond donors (Lipinski definition) is 15. The summed E-state index contributed by atoms with van der Waals surface area (Å²) < 4.78 is 0. The van der Waals surface area contributed by atoms with Crippen LogP contribution in [0, 0.1) is 23.7 Å². The van der Waals surface area contributed by atoms with Crippen molar-refractivity contribution in [3.63, 3.8) is 0 Å². The lowest BCUT2D eigenvalue weighted by atomic mass is 9.99. The Labute approximate surface area is 443 Å². The van der Waals surface area contributed by atoms with Crippen LogP contribution < -0.4 is 65.1 Å². The van der Waals surface area contributed by atoms with Crippen molar-refractivity contribution in [3.8, 4) is 0 Å². The molecule has 0 aromatic rings. The lowest BCUT2D eigenvalue weighted by molar-refractivity contribution is -0.145. The van der Waals surface area contributed by atoms with E-state index in [1.165, 1.54) is 32.5 Å². The minimum absolute atomic E-state index is 0.0542. The molecule has 18 N–H and O–H groups in total. The quantitative estimate of drug-likeness (QED) is 0.0169. The molecule has 0 fully saturated rings. The second-order valence-corrected chi connectivity index (χ2v) is 20.9. The van der Waals surface area contributed by atoms with E-state index in [1.807, 2.05) is 0 Å². The van der Waals surface area contributed by atoms with E-state index in [2.05, 4.69) is 52.8 Å².